The van der Waals surface area contributed by atoms with Crippen molar-refractivity contribution in [3.05, 3.63) is 53.5 Å². The second-order valence-corrected chi connectivity index (χ2v) is 7.71. The number of hydrogen-bond donors (Lipinski definition) is 1. The maximum atomic E-state index is 12.5. The van der Waals surface area contributed by atoms with Gasteiger partial charge in [-0.1, -0.05) is 26.0 Å². The molecule has 0 saturated carbocycles. The van der Waals surface area contributed by atoms with Crippen LogP contribution in [0.2, 0.25) is 0 Å². The molecular formula is C18H27ClN2O3S. The van der Waals surface area contributed by atoms with E-state index in [4.69, 9.17) is 4.42 Å². The largest absolute Gasteiger partial charge is 0.465 e. The Hall–Kier alpha value is -1.34. The molecule has 1 aromatic carbocycles. The number of rotatable bonds is 8. The molecule has 0 aliphatic rings. The first-order valence-electron chi connectivity index (χ1n) is 8.27. The van der Waals surface area contributed by atoms with E-state index in [-0.39, 0.29) is 18.4 Å². The molecule has 0 radical (unpaired) electrons. The summed E-state index contributed by atoms with van der Waals surface area (Å²) in [5.41, 5.74) is 1.04. The molecule has 1 unspecified atom stereocenters. The number of nitrogens with zero attached hydrogens (tertiary/aromatic N) is 1. The van der Waals surface area contributed by atoms with E-state index in [1.807, 2.05) is 52.0 Å². The van der Waals surface area contributed by atoms with Crippen molar-refractivity contribution >= 4 is 22.4 Å². The van der Waals surface area contributed by atoms with Crippen molar-refractivity contribution in [2.45, 2.75) is 45.2 Å². The molecule has 0 spiro atoms. The topological polar surface area (TPSA) is 62.6 Å². The van der Waals surface area contributed by atoms with Crippen LogP contribution in [0.15, 0.2) is 45.7 Å². The van der Waals surface area contributed by atoms with Crippen molar-refractivity contribution in [3.63, 3.8) is 0 Å². The van der Waals surface area contributed by atoms with Gasteiger partial charge in [-0.3, -0.25) is 0 Å². The highest BCUT2D eigenvalue weighted by Gasteiger charge is 2.21. The predicted octanol–water partition coefficient (Wildman–Crippen LogP) is 3.89. The lowest BCUT2D eigenvalue weighted by Gasteiger charge is -2.19. The molecule has 2 rings (SSSR count). The van der Waals surface area contributed by atoms with E-state index in [0.29, 0.717) is 24.5 Å². The first-order valence-corrected chi connectivity index (χ1v) is 9.71. The lowest BCUT2D eigenvalue weighted by molar-refractivity contribution is 0.443. The normalized spacial score (nSPS) is 12.8. The van der Waals surface area contributed by atoms with E-state index >= 15 is 0 Å². The van der Waals surface area contributed by atoms with Gasteiger partial charge in [-0.25, -0.2) is 8.42 Å². The minimum absolute atomic E-state index is 0. The summed E-state index contributed by atoms with van der Waals surface area (Å²) in [7, 11) is -3.40. The van der Waals surface area contributed by atoms with Crippen molar-refractivity contribution in [3.8, 4) is 0 Å². The highest BCUT2D eigenvalue weighted by molar-refractivity contribution is 7.89. The Labute approximate surface area is 156 Å². The average molecular weight is 387 g/mol. The molecule has 1 heterocycles. The van der Waals surface area contributed by atoms with Gasteiger partial charge in [-0.05, 0) is 43.7 Å². The summed E-state index contributed by atoms with van der Waals surface area (Å²) in [5, 5.41) is 3.38. The molecule has 1 N–H and O–H groups in total. The summed E-state index contributed by atoms with van der Waals surface area (Å²) in [6.45, 7) is 9.23. The summed E-state index contributed by atoms with van der Waals surface area (Å²) >= 11 is 0. The lowest BCUT2D eigenvalue weighted by atomic mass is 10.1. The fourth-order valence-corrected chi connectivity index (χ4v) is 4.05. The highest BCUT2D eigenvalue weighted by Crippen LogP contribution is 2.20. The number of furan rings is 1. The van der Waals surface area contributed by atoms with Gasteiger partial charge < -0.3 is 9.73 Å². The van der Waals surface area contributed by atoms with Crippen LogP contribution in [0.4, 0.5) is 0 Å². The molecule has 25 heavy (non-hydrogen) atoms. The quantitative estimate of drug-likeness (QED) is 0.747. The third kappa shape index (κ3) is 5.31. The third-order valence-electron chi connectivity index (χ3n) is 4.10. The Kier molecular flexibility index (Phi) is 8.15. The molecule has 0 fully saturated rings. The smallest absolute Gasteiger partial charge is 0.243 e. The van der Waals surface area contributed by atoms with Gasteiger partial charge in [0.25, 0.3) is 0 Å². The molecule has 0 bridgehead atoms. The van der Waals surface area contributed by atoms with Gasteiger partial charge in [0, 0.05) is 19.1 Å². The maximum Gasteiger partial charge on any atom is 0.243 e. The Morgan fingerprint density at radius 2 is 1.68 bits per heavy atom. The Bertz CT molecular complexity index is 753. The molecule has 5 nitrogen and oxygen atoms in total. The fourth-order valence-electron chi connectivity index (χ4n) is 2.59. The fraction of sp³-hybridized carbons (Fsp3) is 0.444. The van der Waals surface area contributed by atoms with Gasteiger partial charge in [0.15, 0.2) is 0 Å². The summed E-state index contributed by atoms with van der Waals surface area (Å²) < 4.78 is 32.0. The molecule has 0 saturated heterocycles. The second kappa shape index (κ2) is 9.38. The van der Waals surface area contributed by atoms with Crippen molar-refractivity contribution < 1.29 is 12.8 Å². The van der Waals surface area contributed by atoms with Crippen LogP contribution >= 0.6 is 12.4 Å². The second-order valence-electron chi connectivity index (χ2n) is 5.77. The van der Waals surface area contributed by atoms with Crippen LogP contribution in [-0.2, 0) is 16.6 Å². The van der Waals surface area contributed by atoms with Gasteiger partial charge >= 0.3 is 0 Å². The van der Waals surface area contributed by atoms with Gasteiger partial charge in [-0.2, -0.15) is 4.31 Å². The van der Waals surface area contributed by atoms with Crippen molar-refractivity contribution in [1.29, 1.82) is 0 Å². The Morgan fingerprint density at radius 1 is 1.08 bits per heavy atom. The van der Waals surface area contributed by atoms with E-state index in [0.717, 1.165) is 17.1 Å². The van der Waals surface area contributed by atoms with E-state index in [1.165, 1.54) is 4.31 Å². The standard InChI is InChI=1S/C18H26N2O3S.ClH/c1-5-20(6-2)24(21,22)18-11-8-16(9-12-18)15(4)19-13-17-10-7-14(3)23-17;/h7-12,15,19H,5-6,13H2,1-4H3;1H. The summed E-state index contributed by atoms with van der Waals surface area (Å²) in [6, 6.07) is 11.1. The summed E-state index contributed by atoms with van der Waals surface area (Å²) in [4.78, 5) is 0.337. The Balaban J connectivity index is 0.00000312. The minimum Gasteiger partial charge on any atom is -0.465 e. The first-order chi connectivity index (χ1) is 11.4. The molecule has 2 aromatic rings. The predicted molar refractivity (Wildman–Crippen MR) is 102 cm³/mol. The monoisotopic (exact) mass is 386 g/mol. The summed E-state index contributed by atoms with van der Waals surface area (Å²) in [5.74, 6) is 1.78. The number of benzene rings is 1. The third-order valence-corrected chi connectivity index (χ3v) is 6.17. The highest BCUT2D eigenvalue weighted by atomic mass is 35.5. The van der Waals surface area contributed by atoms with Gasteiger partial charge in [-0.15, -0.1) is 12.4 Å². The van der Waals surface area contributed by atoms with Crippen molar-refractivity contribution in [2.24, 2.45) is 0 Å². The van der Waals surface area contributed by atoms with Gasteiger partial charge in [0.1, 0.15) is 11.5 Å². The van der Waals surface area contributed by atoms with Crippen LogP contribution in [0.1, 0.15) is 43.9 Å². The van der Waals surface area contributed by atoms with Crippen LogP contribution in [-0.4, -0.2) is 25.8 Å². The number of halogens is 1. The lowest BCUT2D eigenvalue weighted by Crippen LogP contribution is -2.30. The molecule has 1 atom stereocenters. The first kappa shape index (κ1) is 21.7. The molecule has 0 amide bonds. The number of sulfonamides is 1. The molecule has 140 valence electrons. The average Bonchev–Trinajstić information content (AvgIpc) is 2.99. The number of nitrogens with one attached hydrogen (secondary N) is 1. The SMILES string of the molecule is CCN(CC)S(=O)(=O)c1ccc(C(C)NCc2ccc(C)o2)cc1.Cl. The van der Waals surface area contributed by atoms with Crippen molar-refractivity contribution in [2.75, 3.05) is 13.1 Å². The van der Waals surface area contributed by atoms with Gasteiger partial charge in [0.05, 0.1) is 11.4 Å². The molecule has 1 aromatic heterocycles. The van der Waals surface area contributed by atoms with E-state index in [2.05, 4.69) is 5.32 Å². The Morgan fingerprint density at radius 3 is 2.16 bits per heavy atom. The number of hydrogen-bond acceptors (Lipinski definition) is 4. The van der Waals surface area contributed by atoms with E-state index < -0.39 is 10.0 Å². The van der Waals surface area contributed by atoms with Crippen LogP contribution < -0.4 is 5.32 Å². The maximum absolute atomic E-state index is 12.5. The summed E-state index contributed by atoms with van der Waals surface area (Å²) in [6.07, 6.45) is 0. The zero-order chi connectivity index (χ0) is 17.7. The molecule has 7 heteroatoms. The molecule has 0 aliphatic carbocycles. The van der Waals surface area contributed by atoms with Crippen LogP contribution in [0, 0.1) is 6.92 Å². The van der Waals surface area contributed by atoms with Gasteiger partial charge in [0.2, 0.25) is 10.0 Å². The zero-order valence-corrected chi connectivity index (χ0v) is 16.8. The van der Waals surface area contributed by atoms with Crippen LogP contribution in [0.5, 0.6) is 0 Å². The zero-order valence-electron chi connectivity index (χ0n) is 15.2. The minimum atomic E-state index is -3.40. The number of aryl methyl sites for hydroxylation is 1. The molecule has 0 aliphatic heterocycles. The van der Waals surface area contributed by atoms with E-state index in [9.17, 15) is 8.42 Å². The van der Waals surface area contributed by atoms with Crippen LogP contribution in [0.3, 0.4) is 0 Å². The molecular weight excluding hydrogens is 360 g/mol. The van der Waals surface area contributed by atoms with E-state index in [1.54, 1.807) is 12.1 Å². The van der Waals surface area contributed by atoms with Crippen LogP contribution in [0.25, 0.3) is 0 Å². The van der Waals surface area contributed by atoms with Crippen molar-refractivity contribution in [1.82, 2.24) is 9.62 Å².